The summed E-state index contributed by atoms with van der Waals surface area (Å²) in [5.74, 6) is -0.197. The molecule has 0 radical (unpaired) electrons. The predicted octanol–water partition coefficient (Wildman–Crippen LogP) is 0.818. The smallest absolute Gasteiger partial charge is 0.242 e. The van der Waals surface area contributed by atoms with Crippen molar-refractivity contribution in [1.29, 1.82) is 0 Å². The first-order valence-corrected chi connectivity index (χ1v) is 7.50. The van der Waals surface area contributed by atoms with Crippen LogP contribution in [-0.4, -0.2) is 32.9 Å². The molecule has 0 saturated heterocycles. The number of hydrogen-bond donors (Lipinski definition) is 2. The first-order valence-electron chi connectivity index (χ1n) is 7.50. The molecule has 1 aliphatic rings. The van der Waals surface area contributed by atoms with E-state index in [0.29, 0.717) is 10.9 Å². The van der Waals surface area contributed by atoms with Crippen LogP contribution in [0.25, 0.3) is 10.9 Å². The standard InChI is InChI=1S/C16H19N3O3/c20-11-16(7-3-4-8-16)18-15(22)10-19-13-6-2-1-5-12(13)14(21)9-17-19/h1-2,5-6,9,20H,3-4,7-8,10-11H2,(H,18,22). The summed E-state index contributed by atoms with van der Waals surface area (Å²) in [5, 5.41) is 17.1. The van der Waals surface area contributed by atoms with E-state index < -0.39 is 5.54 Å². The highest BCUT2D eigenvalue weighted by Crippen LogP contribution is 2.29. The Labute approximate surface area is 127 Å². The average molecular weight is 301 g/mol. The van der Waals surface area contributed by atoms with Crippen molar-refractivity contribution in [2.45, 2.75) is 37.8 Å². The number of amides is 1. The van der Waals surface area contributed by atoms with Gasteiger partial charge in [-0.25, -0.2) is 0 Å². The van der Waals surface area contributed by atoms with Crippen molar-refractivity contribution >= 4 is 16.8 Å². The number of rotatable bonds is 4. The third-order valence-electron chi connectivity index (χ3n) is 4.32. The molecule has 6 heteroatoms. The summed E-state index contributed by atoms with van der Waals surface area (Å²) in [4.78, 5) is 24.1. The largest absolute Gasteiger partial charge is 0.394 e. The summed E-state index contributed by atoms with van der Waals surface area (Å²) < 4.78 is 1.52. The molecular weight excluding hydrogens is 282 g/mol. The zero-order chi connectivity index (χ0) is 15.6. The maximum absolute atomic E-state index is 12.3. The van der Waals surface area contributed by atoms with E-state index in [1.165, 1.54) is 10.9 Å². The lowest BCUT2D eigenvalue weighted by molar-refractivity contribution is -0.124. The molecule has 22 heavy (non-hydrogen) atoms. The first kappa shape index (κ1) is 14.7. The second-order valence-electron chi connectivity index (χ2n) is 5.88. The van der Waals surface area contributed by atoms with Crippen molar-refractivity contribution in [3.8, 4) is 0 Å². The van der Waals surface area contributed by atoms with Crippen LogP contribution < -0.4 is 10.7 Å². The van der Waals surface area contributed by atoms with Crippen molar-refractivity contribution in [3.05, 3.63) is 40.7 Å². The van der Waals surface area contributed by atoms with Gasteiger partial charge in [0, 0.05) is 5.39 Å². The van der Waals surface area contributed by atoms with Gasteiger partial charge in [0.05, 0.1) is 23.9 Å². The van der Waals surface area contributed by atoms with Gasteiger partial charge in [0.2, 0.25) is 11.3 Å². The number of carbonyl (C=O) groups excluding carboxylic acids is 1. The summed E-state index contributed by atoms with van der Waals surface area (Å²) in [6.07, 6.45) is 4.86. The Kier molecular flexibility index (Phi) is 3.94. The Hall–Kier alpha value is -2.21. The van der Waals surface area contributed by atoms with E-state index in [9.17, 15) is 14.7 Å². The Morgan fingerprint density at radius 2 is 2.05 bits per heavy atom. The second-order valence-corrected chi connectivity index (χ2v) is 5.88. The predicted molar refractivity (Wildman–Crippen MR) is 82.4 cm³/mol. The Bertz CT molecular complexity index is 748. The number of aliphatic hydroxyl groups is 1. The number of aromatic nitrogens is 2. The molecule has 6 nitrogen and oxygen atoms in total. The van der Waals surface area contributed by atoms with Crippen molar-refractivity contribution < 1.29 is 9.90 Å². The molecular formula is C16H19N3O3. The van der Waals surface area contributed by atoms with E-state index >= 15 is 0 Å². The van der Waals surface area contributed by atoms with Gasteiger partial charge in [-0.15, -0.1) is 0 Å². The molecule has 1 amide bonds. The van der Waals surface area contributed by atoms with Crippen molar-refractivity contribution in [1.82, 2.24) is 15.1 Å². The molecule has 0 spiro atoms. The molecule has 116 valence electrons. The van der Waals surface area contributed by atoms with E-state index in [1.807, 2.05) is 6.07 Å². The number of hydrogen-bond acceptors (Lipinski definition) is 4. The highest BCUT2D eigenvalue weighted by atomic mass is 16.3. The molecule has 1 aromatic heterocycles. The normalized spacial score (nSPS) is 16.8. The lowest BCUT2D eigenvalue weighted by Crippen LogP contribution is -2.50. The molecule has 1 saturated carbocycles. The fraction of sp³-hybridized carbons (Fsp3) is 0.438. The van der Waals surface area contributed by atoms with Gasteiger partial charge < -0.3 is 10.4 Å². The molecule has 1 fully saturated rings. The van der Waals surface area contributed by atoms with Gasteiger partial charge in [-0.05, 0) is 25.0 Å². The highest BCUT2D eigenvalue weighted by molar-refractivity contribution is 5.81. The monoisotopic (exact) mass is 301 g/mol. The van der Waals surface area contributed by atoms with Crippen LogP contribution in [0.5, 0.6) is 0 Å². The van der Waals surface area contributed by atoms with E-state index in [2.05, 4.69) is 10.4 Å². The molecule has 3 rings (SSSR count). The fourth-order valence-corrected chi connectivity index (χ4v) is 3.13. The van der Waals surface area contributed by atoms with Crippen LogP contribution in [0.15, 0.2) is 35.3 Å². The molecule has 2 N–H and O–H groups in total. The van der Waals surface area contributed by atoms with Gasteiger partial charge in [-0.2, -0.15) is 5.10 Å². The lowest BCUT2D eigenvalue weighted by Gasteiger charge is -2.28. The number of carbonyl (C=O) groups is 1. The molecule has 0 atom stereocenters. The zero-order valence-corrected chi connectivity index (χ0v) is 12.3. The van der Waals surface area contributed by atoms with Crippen molar-refractivity contribution in [2.24, 2.45) is 0 Å². The van der Waals surface area contributed by atoms with Gasteiger partial charge in [0.15, 0.2) is 0 Å². The minimum atomic E-state index is -0.494. The number of fused-ring (bicyclic) bond motifs is 1. The summed E-state index contributed by atoms with van der Waals surface area (Å²) in [5.41, 5.74) is -0.0177. The van der Waals surface area contributed by atoms with Crippen LogP contribution in [0.1, 0.15) is 25.7 Å². The Morgan fingerprint density at radius 1 is 1.32 bits per heavy atom. The van der Waals surface area contributed by atoms with Crippen LogP contribution in [0.2, 0.25) is 0 Å². The Morgan fingerprint density at radius 3 is 2.77 bits per heavy atom. The first-order chi connectivity index (χ1) is 10.6. The summed E-state index contributed by atoms with van der Waals surface area (Å²) >= 11 is 0. The van der Waals surface area contributed by atoms with Gasteiger partial charge >= 0.3 is 0 Å². The molecule has 0 bridgehead atoms. The topological polar surface area (TPSA) is 84.2 Å². The minimum absolute atomic E-state index is 0.0303. The summed E-state index contributed by atoms with van der Waals surface area (Å²) in [6, 6.07) is 7.09. The van der Waals surface area contributed by atoms with Crippen molar-refractivity contribution in [3.63, 3.8) is 0 Å². The van der Waals surface area contributed by atoms with Gasteiger partial charge in [-0.3, -0.25) is 14.3 Å². The molecule has 2 aromatic rings. The van der Waals surface area contributed by atoms with E-state index in [4.69, 9.17) is 0 Å². The number of para-hydroxylation sites is 1. The summed E-state index contributed by atoms with van der Waals surface area (Å²) in [6.45, 7) is -0.0143. The average Bonchev–Trinajstić information content (AvgIpc) is 2.99. The number of aliphatic hydroxyl groups excluding tert-OH is 1. The SMILES string of the molecule is O=C(Cn1ncc(=O)c2ccccc21)NC1(CO)CCCC1. The third kappa shape index (κ3) is 2.74. The number of nitrogens with one attached hydrogen (secondary N) is 1. The second kappa shape index (κ2) is 5.88. The molecule has 1 heterocycles. The lowest BCUT2D eigenvalue weighted by atomic mass is 9.99. The van der Waals surface area contributed by atoms with E-state index in [-0.39, 0.29) is 24.5 Å². The van der Waals surface area contributed by atoms with E-state index in [1.54, 1.807) is 18.2 Å². The van der Waals surface area contributed by atoms with Crippen molar-refractivity contribution in [2.75, 3.05) is 6.61 Å². The molecule has 1 aliphatic carbocycles. The van der Waals surface area contributed by atoms with Crippen LogP contribution in [0.3, 0.4) is 0 Å². The maximum Gasteiger partial charge on any atom is 0.242 e. The van der Waals surface area contributed by atoms with Gasteiger partial charge in [0.25, 0.3) is 0 Å². The molecule has 0 aliphatic heterocycles. The Balaban J connectivity index is 1.83. The fourth-order valence-electron chi connectivity index (χ4n) is 3.13. The zero-order valence-electron chi connectivity index (χ0n) is 12.3. The number of nitrogens with zero attached hydrogens (tertiary/aromatic N) is 2. The van der Waals surface area contributed by atoms with Crippen LogP contribution in [-0.2, 0) is 11.3 Å². The third-order valence-corrected chi connectivity index (χ3v) is 4.32. The van der Waals surface area contributed by atoms with E-state index in [0.717, 1.165) is 25.7 Å². The summed E-state index contributed by atoms with van der Waals surface area (Å²) in [7, 11) is 0. The minimum Gasteiger partial charge on any atom is -0.394 e. The maximum atomic E-state index is 12.3. The van der Waals surface area contributed by atoms with Crippen LogP contribution >= 0.6 is 0 Å². The van der Waals surface area contributed by atoms with Crippen LogP contribution in [0, 0.1) is 0 Å². The quantitative estimate of drug-likeness (QED) is 0.875. The van der Waals surface area contributed by atoms with Crippen LogP contribution in [0.4, 0.5) is 0 Å². The highest BCUT2D eigenvalue weighted by Gasteiger charge is 2.34. The van der Waals surface area contributed by atoms with Gasteiger partial charge in [0.1, 0.15) is 6.54 Å². The van der Waals surface area contributed by atoms with Gasteiger partial charge in [-0.1, -0.05) is 25.0 Å². The molecule has 1 aromatic carbocycles. The number of benzene rings is 1. The molecule has 0 unspecified atom stereocenters.